The van der Waals surface area contributed by atoms with Crippen LogP contribution in [0.3, 0.4) is 0 Å². The fourth-order valence-corrected chi connectivity index (χ4v) is 4.01. The van der Waals surface area contributed by atoms with Gasteiger partial charge in [0.05, 0.1) is 12.8 Å². The van der Waals surface area contributed by atoms with Crippen molar-refractivity contribution in [2.75, 3.05) is 12.2 Å². The van der Waals surface area contributed by atoms with Crippen molar-refractivity contribution >= 4 is 11.5 Å². The van der Waals surface area contributed by atoms with Gasteiger partial charge in [0.2, 0.25) is 0 Å². The van der Waals surface area contributed by atoms with E-state index < -0.39 is 0 Å². The van der Waals surface area contributed by atoms with Crippen LogP contribution in [0.2, 0.25) is 0 Å². The van der Waals surface area contributed by atoms with Crippen molar-refractivity contribution in [1.29, 1.82) is 0 Å². The molecule has 1 aromatic rings. The van der Waals surface area contributed by atoms with Crippen LogP contribution >= 0.6 is 0 Å². The smallest absolute Gasteiger partial charge is 0.167 e. The summed E-state index contributed by atoms with van der Waals surface area (Å²) >= 11 is 0. The molecule has 112 valence electrons. The zero-order valence-electron chi connectivity index (χ0n) is 13.2. The van der Waals surface area contributed by atoms with E-state index in [1.165, 1.54) is 0 Å². The third kappa shape index (κ3) is 1.87. The van der Waals surface area contributed by atoms with E-state index in [9.17, 15) is 4.79 Å². The van der Waals surface area contributed by atoms with Crippen molar-refractivity contribution in [3.63, 3.8) is 0 Å². The van der Waals surface area contributed by atoms with E-state index in [-0.39, 0.29) is 10.8 Å². The van der Waals surface area contributed by atoms with Crippen LogP contribution in [0.15, 0.2) is 42.1 Å². The van der Waals surface area contributed by atoms with Gasteiger partial charge in [-0.2, -0.15) is 0 Å². The molecule has 0 aliphatic heterocycles. The Morgan fingerprint density at radius 2 is 1.90 bits per heavy atom. The number of carbonyl (C=O) groups excluding carboxylic acids is 1. The third-order valence-corrected chi connectivity index (χ3v) is 5.83. The quantitative estimate of drug-likeness (QED) is 0.622. The summed E-state index contributed by atoms with van der Waals surface area (Å²) in [6, 6.07) is 9.86. The van der Waals surface area contributed by atoms with Gasteiger partial charge in [0.15, 0.2) is 5.78 Å². The SMILES string of the molecule is CON(/C=C1\C(=O)[C@@]2(C)CC[C@H]1C2(C)C)c1ccccc1. The molecule has 0 heterocycles. The van der Waals surface area contributed by atoms with Crippen LogP contribution in [0.5, 0.6) is 0 Å². The molecule has 0 unspecified atom stereocenters. The molecule has 21 heavy (non-hydrogen) atoms. The number of para-hydroxylation sites is 1. The molecule has 0 spiro atoms. The van der Waals surface area contributed by atoms with Crippen LogP contribution in [0.1, 0.15) is 33.6 Å². The zero-order chi connectivity index (χ0) is 15.3. The molecule has 0 aromatic heterocycles. The second-order valence-corrected chi connectivity index (χ2v) is 6.90. The summed E-state index contributed by atoms with van der Waals surface area (Å²) in [5.74, 6) is 0.623. The first-order valence-electron chi connectivity index (χ1n) is 7.57. The Morgan fingerprint density at radius 1 is 1.24 bits per heavy atom. The number of rotatable bonds is 3. The van der Waals surface area contributed by atoms with Gasteiger partial charge in [0.1, 0.15) is 0 Å². The van der Waals surface area contributed by atoms with Gasteiger partial charge >= 0.3 is 0 Å². The highest BCUT2D eigenvalue weighted by Crippen LogP contribution is 2.65. The number of fused-ring (bicyclic) bond motifs is 2. The van der Waals surface area contributed by atoms with E-state index in [2.05, 4.69) is 20.8 Å². The summed E-state index contributed by atoms with van der Waals surface area (Å²) < 4.78 is 0. The van der Waals surface area contributed by atoms with Crippen molar-refractivity contribution in [3.8, 4) is 0 Å². The lowest BCUT2D eigenvalue weighted by atomic mass is 9.70. The summed E-state index contributed by atoms with van der Waals surface area (Å²) in [5, 5.41) is 1.70. The first-order chi connectivity index (χ1) is 9.91. The molecule has 2 aliphatic carbocycles. The number of ketones is 1. The highest BCUT2D eigenvalue weighted by atomic mass is 16.7. The van der Waals surface area contributed by atoms with Gasteiger partial charge in [-0.25, -0.2) is 5.06 Å². The largest absolute Gasteiger partial charge is 0.294 e. The summed E-state index contributed by atoms with van der Waals surface area (Å²) in [6.45, 7) is 6.57. The summed E-state index contributed by atoms with van der Waals surface area (Å²) in [7, 11) is 1.63. The molecule has 2 fully saturated rings. The maximum atomic E-state index is 12.8. The molecule has 2 saturated carbocycles. The Kier molecular flexibility index (Phi) is 3.21. The van der Waals surface area contributed by atoms with Crippen LogP contribution in [-0.2, 0) is 9.63 Å². The maximum Gasteiger partial charge on any atom is 0.167 e. The number of anilines is 1. The normalized spacial score (nSPS) is 31.9. The standard InChI is InChI=1S/C18H23NO2/c1-17(2)15-10-11-18(17,3)16(20)14(15)12-19(21-4)13-8-6-5-7-9-13/h5-9,12,15H,10-11H2,1-4H3/b14-12-/t15-,18-/m1/s1. The Morgan fingerprint density at radius 3 is 2.43 bits per heavy atom. The van der Waals surface area contributed by atoms with Crippen molar-refractivity contribution < 1.29 is 9.63 Å². The fraction of sp³-hybridized carbons (Fsp3) is 0.500. The lowest BCUT2D eigenvalue weighted by molar-refractivity contribution is -0.125. The average Bonchev–Trinajstić information content (AvgIpc) is 2.79. The van der Waals surface area contributed by atoms with Gasteiger partial charge in [-0.3, -0.25) is 9.63 Å². The van der Waals surface area contributed by atoms with E-state index in [0.29, 0.717) is 11.7 Å². The molecule has 0 saturated heterocycles. The predicted molar refractivity (Wildman–Crippen MR) is 83.6 cm³/mol. The van der Waals surface area contributed by atoms with Gasteiger partial charge in [-0.05, 0) is 36.3 Å². The minimum atomic E-state index is -0.223. The first kappa shape index (κ1) is 14.3. The molecule has 0 radical (unpaired) electrons. The minimum Gasteiger partial charge on any atom is -0.294 e. The second kappa shape index (κ2) is 4.70. The Labute approximate surface area is 126 Å². The predicted octanol–water partition coefficient (Wildman–Crippen LogP) is 3.96. The molecule has 2 aliphatic rings. The third-order valence-electron chi connectivity index (χ3n) is 5.83. The average molecular weight is 285 g/mol. The monoisotopic (exact) mass is 285 g/mol. The fourth-order valence-electron chi connectivity index (χ4n) is 4.01. The highest BCUT2D eigenvalue weighted by Gasteiger charge is 2.64. The lowest BCUT2D eigenvalue weighted by Crippen LogP contribution is -2.32. The number of nitrogens with zero attached hydrogens (tertiary/aromatic N) is 1. The number of hydrogen-bond donors (Lipinski definition) is 0. The van der Waals surface area contributed by atoms with Gasteiger partial charge in [-0.15, -0.1) is 0 Å². The van der Waals surface area contributed by atoms with Crippen LogP contribution in [0.25, 0.3) is 0 Å². The van der Waals surface area contributed by atoms with E-state index in [0.717, 1.165) is 24.1 Å². The molecule has 2 atom stereocenters. The molecule has 3 nitrogen and oxygen atoms in total. The van der Waals surface area contributed by atoms with Gasteiger partial charge < -0.3 is 0 Å². The first-order valence-corrected chi connectivity index (χ1v) is 7.57. The number of allylic oxidation sites excluding steroid dienone is 1. The van der Waals surface area contributed by atoms with Crippen LogP contribution in [0.4, 0.5) is 5.69 Å². The topological polar surface area (TPSA) is 29.5 Å². The van der Waals surface area contributed by atoms with Crippen molar-refractivity contribution in [2.45, 2.75) is 33.6 Å². The molecule has 0 N–H and O–H groups in total. The molecule has 0 amide bonds. The van der Waals surface area contributed by atoms with Crippen molar-refractivity contribution in [2.24, 2.45) is 16.7 Å². The van der Waals surface area contributed by atoms with Gasteiger partial charge in [-0.1, -0.05) is 39.0 Å². The minimum absolute atomic E-state index is 0.0337. The second-order valence-electron chi connectivity index (χ2n) is 6.90. The molecule has 3 rings (SSSR count). The maximum absolute atomic E-state index is 12.8. The Hall–Kier alpha value is -1.61. The molecular weight excluding hydrogens is 262 g/mol. The van der Waals surface area contributed by atoms with E-state index >= 15 is 0 Å². The van der Waals surface area contributed by atoms with Gasteiger partial charge in [0.25, 0.3) is 0 Å². The Balaban J connectivity index is 1.99. The van der Waals surface area contributed by atoms with Crippen LogP contribution in [-0.4, -0.2) is 12.9 Å². The Bertz CT molecular complexity index is 590. The number of hydroxylamine groups is 1. The summed E-state index contributed by atoms with van der Waals surface area (Å²) in [4.78, 5) is 18.3. The van der Waals surface area contributed by atoms with E-state index in [1.807, 2.05) is 36.5 Å². The van der Waals surface area contributed by atoms with Crippen molar-refractivity contribution in [1.82, 2.24) is 0 Å². The van der Waals surface area contributed by atoms with Gasteiger partial charge in [0, 0.05) is 17.2 Å². The molecule has 2 bridgehead atoms. The van der Waals surface area contributed by atoms with E-state index in [1.54, 1.807) is 12.2 Å². The van der Waals surface area contributed by atoms with Crippen LogP contribution < -0.4 is 5.06 Å². The van der Waals surface area contributed by atoms with Crippen molar-refractivity contribution in [3.05, 3.63) is 42.1 Å². The number of benzene rings is 1. The number of hydrogen-bond acceptors (Lipinski definition) is 3. The zero-order valence-corrected chi connectivity index (χ0v) is 13.2. The molecule has 3 heteroatoms. The van der Waals surface area contributed by atoms with E-state index in [4.69, 9.17) is 4.84 Å². The summed E-state index contributed by atoms with van der Waals surface area (Å²) in [6.07, 6.45) is 3.99. The lowest BCUT2D eigenvalue weighted by Gasteiger charge is -2.31. The van der Waals surface area contributed by atoms with Crippen LogP contribution in [0, 0.1) is 16.7 Å². The number of Topliss-reactive ketones (excluding diaryl/α,β-unsaturated/α-hetero) is 1. The highest BCUT2D eigenvalue weighted by molar-refractivity contribution is 6.04. The summed E-state index contributed by atoms with van der Waals surface area (Å²) in [5.41, 5.74) is 1.66. The molecular formula is C18H23NO2. The molecule has 1 aromatic carbocycles. The number of carbonyl (C=O) groups is 1.